The van der Waals surface area contributed by atoms with Gasteiger partial charge in [-0.1, -0.05) is 0 Å². The molecule has 1 atom stereocenters. The number of carbonyl (C=O) groups is 2. The molecule has 0 spiro atoms. The van der Waals surface area contributed by atoms with Crippen LogP contribution >= 0.6 is 0 Å². The van der Waals surface area contributed by atoms with Crippen LogP contribution in [0, 0.1) is 18.6 Å². The Balaban J connectivity index is 1.54. The Morgan fingerprint density at radius 1 is 1.10 bits per heavy atom. The molecule has 202 valence electrons. The summed E-state index contributed by atoms with van der Waals surface area (Å²) in [6.07, 6.45) is 2.45. The Bertz CT molecular complexity index is 1530. The van der Waals surface area contributed by atoms with Crippen molar-refractivity contribution in [1.29, 1.82) is 0 Å². The van der Waals surface area contributed by atoms with Gasteiger partial charge >= 0.3 is 12.1 Å². The lowest BCUT2D eigenvalue weighted by molar-refractivity contribution is -0.0241. The summed E-state index contributed by atoms with van der Waals surface area (Å²) in [5, 5.41) is 0. The van der Waals surface area contributed by atoms with Crippen LogP contribution in [0.1, 0.15) is 21.6 Å². The van der Waals surface area contributed by atoms with E-state index in [0.29, 0.717) is 24.5 Å². The van der Waals surface area contributed by atoms with Gasteiger partial charge in [0.15, 0.2) is 0 Å². The summed E-state index contributed by atoms with van der Waals surface area (Å²) in [5.74, 6) is -2.19. The molecule has 1 aliphatic heterocycles. The van der Waals surface area contributed by atoms with E-state index in [-0.39, 0.29) is 41.0 Å². The van der Waals surface area contributed by atoms with E-state index < -0.39 is 29.8 Å². The number of nitrogens with zero attached hydrogens (tertiary/aromatic N) is 4. The van der Waals surface area contributed by atoms with Gasteiger partial charge < -0.3 is 23.5 Å². The second-order valence-corrected chi connectivity index (χ2v) is 9.19. The van der Waals surface area contributed by atoms with Crippen LogP contribution in [0.2, 0.25) is 0 Å². The summed E-state index contributed by atoms with van der Waals surface area (Å²) in [5.41, 5.74) is 2.61. The first-order chi connectivity index (χ1) is 18.8. The second-order valence-electron chi connectivity index (χ2n) is 9.19. The third-order valence-electron chi connectivity index (χ3n) is 6.63. The van der Waals surface area contributed by atoms with Gasteiger partial charge in [-0.3, -0.25) is 4.98 Å². The van der Waals surface area contributed by atoms with Gasteiger partial charge in [0.05, 0.1) is 61.7 Å². The average Bonchev–Trinajstić information content (AvgIpc) is 3.28. The zero-order chi connectivity index (χ0) is 27.7. The number of ether oxygens (including phenoxy) is 3. The van der Waals surface area contributed by atoms with Gasteiger partial charge in [0, 0.05) is 30.9 Å². The van der Waals surface area contributed by atoms with Crippen molar-refractivity contribution in [3.8, 4) is 22.5 Å². The fourth-order valence-corrected chi connectivity index (χ4v) is 4.70. The van der Waals surface area contributed by atoms with Crippen LogP contribution in [0.15, 0.2) is 48.8 Å². The number of halogens is 2. The van der Waals surface area contributed by atoms with Crippen LogP contribution in [0.25, 0.3) is 28.2 Å². The topological polar surface area (TPSA) is 95.3 Å². The minimum atomic E-state index is -0.814. The number of morpholine rings is 1. The number of hydrogen-bond donors (Lipinski definition) is 0. The van der Waals surface area contributed by atoms with Crippen LogP contribution in [-0.2, 0) is 20.6 Å². The highest BCUT2D eigenvalue weighted by Gasteiger charge is 2.29. The van der Waals surface area contributed by atoms with Crippen LogP contribution in [-0.4, -0.2) is 71.4 Å². The number of methoxy groups -OCH3 is 2. The van der Waals surface area contributed by atoms with Crippen molar-refractivity contribution in [3.63, 3.8) is 0 Å². The van der Waals surface area contributed by atoms with E-state index in [0.717, 1.165) is 5.56 Å². The predicted octanol–water partition coefficient (Wildman–Crippen LogP) is 4.45. The number of aromatic nitrogens is 3. The van der Waals surface area contributed by atoms with Gasteiger partial charge in [0.25, 0.3) is 0 Å². The maximum atomic E-state index is 15.6. The molecule has 0 radical (unpaired) electrons. The third-order valence-corrected chi connectivity index (χ3v) is 6.63. The average molecular weight is 537 g/mol. The number of pyridine rings is 2. The number of esters is 1. The van der Waals surface area contributed by atoms with E-state index in [4.69, 9.17) is 9.47 Å². The van der Waals surface area contributed by atoms with Gasteiger partial charge in [0.2, 0.25) is 0 Å². The number of imidazole rings is 1. The molecule has 1 unspecified atom stereocenters. The highest BCUT2D eigenvalue weighted by Crippen LogP contribution is 2.34. The molecule has 0 N–H and O–H groups in total. The summed E-state index contributed by atoms with van der Waals surface area (Å²) in [6, 6.07) is 9.05. The quantitative estimate of drug-likeness (QED) is 0.348. The number of hydrogen-bond acceptors (Lipinski definition) is 7. The summed E-state index contributed by atoms with van der Waals surface area (Å²) < 4.78 is 48.4. The predicted molar refractivity (Wildman–Crippen MR) is 137 cm³/mol. The highest BCUT2D eigenvalue weighted by atomic mass is 19.1. The standard InChI is InChI=1S/C28H26F2N4O5/c1-16-6-7-34-23(13-19-15-33(8-9-39-19)28(36)38-3)26(32-24(34)10-16)25-20(29)11-18(12-21(25)30)22-5-4-17(14-31-22)27(35)37-2/h4-7,10-12,14,19H,8-9,13,15H2,1-3H3. The highest BCUT2D eigenvalue weighted by molar-refractivity contribution is 5.89. The molecule has 4 aromatic rings. The number of rotatable bonds is 5. The molecule has 1 fully saturated rings. The minimum absolute atomic E-state index is 0.148. The van der Waals surface area contributed by atoms with E-state index in [1.807, 2.05) is 19.1 Å². The number of carbonyl (C=O) groups excluding carboxylic acids is 2. The molecule has 9 nitrogen and oxygen atoms in total. The van der Waals surface area contributed by atoms with E-state index in [1.165, 1.54) is 49.6 Å². The molecule has 39 heavy (non-hydrogen) atoms. The maximum absolute atomic E-state index is 15.6. The molecule has 5 rings (SSSR count). The molecule has 0 bridgehead atoms. The second kappa shape index (κ2) is 10.8. The summed E-state index contributed by atoms with van der Waals surface area (Å²) in [7, 11) is 2.57. The Morgan fingerprint density at radius 3 is 2.54 bits per heavy atom. The van der Waals surface area contributed by atoms with Crippen molar-refractivity contribution in [2.45, 2.75) is 19.4 Å². The Hall–Kier alpha value is -4.38. The molecule has 3 aromatic heterocycles. The summed E-state index contributed by atoms with van der Waals surface area (Å²) in [4.78, 5) is 34.0. The molecular formula is C28H26F2N4O5. The Labute approximate surface area is 223 Å². The van der Waals surface area contributed by atoms with Crippen LogP contribution in [0.3, 0.4) is 0 Å². The normalized spacial score (nSPS) is 15.4. The number of aryl methyl sites for hydroxylation is 1. The van der Waals surface area contributed by atoms with Crippen molar-refractivity contribution in [2.75, 3.05) is 33.9 Å². The van der Waals surface area contributed by atoms with Crippen molar-refractivity contribution >= 4 is 17.7 Å². The van der Waals surface area contributed by atoms with Gasteiger partial charge in [-0.25, -0.2) is 23.4 Å². The van der Waals surface area contributed by atoms with Crippen LogP contribution in [0.5, 0.6) is 0 Å². The lowest BCUT2D eigenvalue weighted by Crippen LogP contribution is -2.46. The molecule has 1 aromatic carbocycles. The van der Waals surface area contributed by atoms with E-state index >= 15 is 8.78 Å². The van der Waals surface area contributed by atoms with Gasteiger partial charge in [-0.15, -0.1) is 0 Å². The number of benzene rings is 1. The van der Waals surface area contributed by atoms with Crippen LogP contribution < -0.4 is 0 Å². The first kappa shape index (κ1) is 26.2. The van der Waals surface area contributed by atoms with E-state index in [2.05, 4.69) is 14.7 Å². The molecule has 1 amide bonds. The monoisotopic (exact) mass is 536 g/mol. The third kappa shape index (κ3) is 5.17. The lowest BCUT2D eigenvalue weighted by atomic mass is 10.0. The smallest absolute Gasteiger partial charge is 0.409 e. The minimum Gasteiger partial charge on any atom is -0.465 e. The first-order valence-electron chi connectivity index (χ1n) is 12.2. The molecular weight excluding hydrogens is 510 g/mol. The molecule has 1 saturated heterocycles. The molecule has 11 heteroatoms. The largest absolute Gasteiger partial charge is 0.465 e. The zero-order valence-corrected chi connectivity index (χ0v) is 21.6. The zero-order valence-electron chi connectivity index (χ0n) is 21.6. The van der Waals surface area contributed by atoms with Gasteiger partial charge in [-0.2, -0.15) is 0 Å². The van der Waals surface area contributed by atoms with Crippen LogP contribution in [0.4, 0.5) is 13.6 Å². The lowest BCUT2D eigenvalue weighted by Gasteiger charge is -2.32. The molecule has 1 aliphatic rings. The van der Waals surface area contributed by atoms with Crippen molar-refractivity contribution in [1.82, 2.24) is 19.3 Å². The number of amides is 1. The van der Waals surface area contributed by atoms with Gasteiger partial charge in [0.1, 0.15) is 17.3 Å². The molecule has 4 heterocycles. The number of fused-ring (bicyclic) bond motifs is 1. The van der Waals surface area contributed by atoms with E-state index in [9.17, 15) is 9.59 Å². The first-order valence-corrected chi connectivity index (χ1v) is 12.2. The SMILES string of the molecule is COC(=O)c1ccc(-c2cc(F)c(-c3nc4cc(C)ccn4c3CC3CN(C(=O)OC)CCO3)c(F)c2)nc1. The Morgan fingerprint density at radius 2 is 1.87 bits per heavy atom. The molecule has 0 saturated carbocycles. The van der Waals surface area contributed by atoms with Gasteiger partial charge in [-0.05, 0) is 48.9 Å². The van der Waals surface area contributed by atoms with Crippen molar-refractivity contribution < 1.29 is 32.6 Å². The fourth-order valence-electron chi connectivity index (χ4n) is 4.70. The molecule has 0 aliphatic carbocycles. The Kier molecular flexibility index (Phi) is 7.25. The fraction of sp³-hybridized carbons (Fsp3) is 0.286. The maximum Gasteiger partial charge on any atom is 0.409 e. The van der Waals surface area contributed by atoms with E-state index in [1.54, 1.807) is 10.6 Å². The van der Waals surface area contributed by atoms with Crippen molar-refractivity contribution in [3.05, 3.63) is 77.2 Å². The summed E-state index contributed by atoms with van der Waals surface area (Å²) in [6.45, 7) is 2.87. The summed E-state index contributed by atoms with van der Waals surface area (Å²) >= 11 is 0. The van der Waals surface area contributed by atoms with Crippen molar-refractivity contribution in [2.24, 2.45) is 0 Å².